The Morgan fingerprint density at radius 2 is 2.04 bits per heavy atom. The first-order valence-corrected chi connectivity index (χ1v) is 9.40. The number of hydrogen-bond donors (Lipinski definition) is 1. The Hall–Kier alpha value is -1.90. The quantitative estimate of drug-likeness (QED) is 0.645. The van der Waals surface area contributed by atoms with Gasteiger partial charge in [-0.25, -0.2) is 0 Å². The summed E-state index contributed by atoms with van der Waals surface area (Å²) in [6.45, 7) is 0.543. The van der Waals surface area contributed by atoms with Crippen molar-refractivity contribution in [3.8, 4) is 0 Å². The summed E-state index contributed by atoms with van der Waals surface area (Å²) in [5.74, 6) is -0.183. The number of halogens is 1. The Morgan fingerprint density at radius 1 is 1.21 bits per heavy atom. The highest BCUT2D eigenvalue weighted by molar-refractivity contribution is 9.11. The van der Waals surface area contributed by atoms with Gasteiger partial charge < -0.3 is 14.6 Å². The number of amides is 2. The number of carbonyl (C=O) groups excluding carboxylic acids is 2. The van der Waals surface area contributed by atoms with Crippen LogP contribution in [0.3, 0.4) is 0 Å². The van der Waals surface area contributed by atoms with Crippen molar-refractivity contribution in [1.82, 2.24) is 4.90 Å². The van der Waals surface area contributed by atoms with Crippen LogP contribution in [0.15, 0.2) is 50.9 Å². The number of anilines is 1. The molecule has 0 atom stereocenters. The molecule has 0 fully saturated rings. The summed E-state index contributed by atoms with van der Waals surface area (Å²) in [7, 11) is 1.76. The Kier molecular flexibility index (Phi) is 5.17. The van der Waals surface area contributed by atoms with Gasteiger partial charge >= 0.3 is 0 Å². The molecule has 0 aromatic carbocycles. The smallest absolute Gasteiger partial charge is 0.291 e. The van der Waals surface area contributed by atoms with Gasteiger partial charge in [0.15, 0.2) is 5.76 Å². The Morgan fingerprint density at radius 3 is 2.71 bits per heavy atom. The number of nitrogens with one attached hydrogen (secondary N) is 1. The lowest BCUT2D eigenvalue weighted by atomic mass is 10.3. The highest BCUT2D eigenvalue weighted by atomic mass is 79.9. The minimum atomic E-state index is -0.336. The summed E-state index contributed by atoms with van der Waals surface area (Å²) in [4.78, 5) is 27.7. The van der Waals surface area contributed by atoms with E-state index in [1.54, 1.807) is 47.5 Å². The Labute approximate surface area is 155 Å². The van der Waals surface area contributed by atoms with E-state index in [1.165, 1.54) is 17.6 Å². The van der Waals surface area contributed by atoms with Crippen molar-refractivity contribution in [1.29, 1.82) is 0 Å². The van der Waals surface area contributed by atoms with Crippen LogP contribution in [0.4, 0.5) is 5.00 Å². The van der Waals surface area contributed by atoms with E-state index >= 15 is 0 Å². The molecule has 0 saturated carbocycles. The first-order chi connectivity index (χ1) is 11.5. The maximum absolute atomic E-state index is 12.5. The van der Waals surface area contributed by atoms with Crippen LogP contribution in [-0.4, -0.2) is 23.8 Å². The topological polar surface area (TPSA) is 62.6 Å². The molecule has 0 saturated heterocycles. The Bertz CT molecular complexity index is 854. The van der Waals surface area contributed by atoms with Gasteiger partial charge in [0.25, 0.3) is 11.8 Å². The summed E-state index contributed by atoms with van der Waals surface area (Å²) >= 11 is 6.26. The number of thiophene rings is 2. The van der Waals surface area contributed by atoms with Gasteiger partial charge in [-0.3, -0.25) is 9.59 Å². The predicted molar refractivity (Wildman–Crippen MR) is 98.8 cm³/mol. The standard InChI is InChI=1S/C16H13BrN2O3S2/c1-19(9-10-4-6-13(17)23-10)16(21)12-5-7-14(24-12)18-15(20)11-3-2-8-22-11/h2-8H,9H2,1H3,(H,18,20). The predicted octanol–water partition coefficient (Wildman–Crippen LogP) is 4.69. The fourth-order valence-electron chi connectivity index (χ4n) is 2.03. The van der Waals surface area contributed by atoms with Crippen molar-refractivity contribution in [3.63, 3.8) is 0 Å². The van der Waals surface area contributed by atoms with Crippen molar-refractivity contribution in [3.05, 3.63) is 62.0 Å². The molecule has 3 rings (SSSR count). The molecule has 0 aliphatic rings. The van der Waals surface area contributed by atoms with E-state index in [0.717, 1.165) is 8.66 Å². The molecule has 8 heteroatoms. The molecule has 0 spiro atoms. The normalized spacial score (nSPS) is 10.6. The van der Waals surface area contributed by atoms with E-state index in [4.69, 9.17) is 4.42 Å². The third-order valence-electron chi connectivity index (χ3n) is 3.17. The van der Waals surface area contributed by atoms with E-state index in [2.05, 4.69) is 21.2 Å². The Balaban J connectivity index is 1.63. The van der Waals surface area contributed by atoms with Gasteiger partial charge in [-0.2, -0.15) is 0 Å². The van der Waals surface area contributed by atoms with Gasteiger partial charge in [-0.1, -0.05) is 0 Å². The minimum Gasteiger partial charge on any atom is -0.459 e. The van der Waals surface area contributed by atoms with Gasteiger partial charge in [-0.15, -0.1) is 22.7 Å². The number of carbonyl (C=O) groups is 2. The van der Waals surface area contributed by atoms with Crippen molar-refractivity contribution in [2.24, 2.45) is 0 Å². The van der Waals surface area contributed by atoms with Crippen LogP contribution in [0.25, 0.3) is 0 Å². The van der Waals surface area contributed by atoms with Crippen LogP contribution >= 0.6 is 38.6 Å². The first kappa shape index (κ1) is 16.9. The lowest BCUT2D eigenvalue weighted by Crippen LogP contribution is -2.24. The molecule has 24 heavy (non-hydrogen) atoms. The molecule has 0 unspecified atom stereocenters. The molecule has 1 N–H and O–H groups in total. The molecule has 0 aliphatic heterocycles. The number of nitrogens with zero attached hydrogens (tertiary/aromatic N) is 1. The van der Waals surface area contributed by atoms with E-state index in [1.807, 2.05) is 12.1 Å². The molecular weight excluding hydrogens is 412 g/mol. The van der Waals surface area contributed by atoms with Gasteiger partial charge in [0.1, 0.15) is 0 Å². The zero-order valence-electron chi connectivity index (χ0n) is 12.6. The molecule has 0 radical (unpaired) electrons. The highest BCUT2D eigenvalue weighted by Crippen LogP contribution is 2.26. The third-order valence-corrected chi connectivity index (χ3v) is 5.76. The summed E-state index contributed by atoms with van der Waals surface area (Å²) in [6, 6.07) is 10.6. The van der Waals surface area contributed by atoms with Crippen molar-refractivity contribution >= 4 is 55.4 Å². The maximum atomic E-state index is 12.5. The third kappa shape index (κ3) is 3.95. The second-order valence-corrected chi connectivity index (χ2v) is 8.59. The second-order valence-electron chi connectivity index (χ2n) is 4.96. The second kappa shape index (κ2) is 7.33. The molecule has 0 aliphatic carbocycles. The van der Waals surface area contributed by atoms with E-state index < -0.39 is 0 Å². The molecule has 124 valence electrons. The molecule has 5 nitrogen and oxygen atoms in total. The van der Waals surface area contributed by atoms with Crippen molar-refractivity contribution < 1.29 is 14.0 Å². The fraction of sp³-hybridized carbons (Fsp3) is 0.125. The van der Waals surface area contributed by atoms with Gasteiger partial charge in [0.05, 0.1) is 26.5 Å². The van der Waals surface area contributed by atoms with Crippen LogP contribution in [0.2, 0.25) is 0 Å². The summed E-state index contributed by atoms with van der Waals surface area (Å²) in [6.07, 6.45) is 1.44. The summed E-state index contributed by atoms with van der Waals surface area (Å²) < 4.78 is 6.08. The van der Waals surface area contributed by atoms with Crippen LogP contribution in [0.1, 0.15) is 25.1 Å². The van der Waals surface area contributed by atoms with Gasteiger partial charge in [0.2, 0.25) is 0 Å². The van der Waals surface area contributed by atoms with E-state index in [0.29, 0.717) is 16.4 Å². The molecular formula is C16H13BrN2O3S2. The summed E-state index contributed by atoms with van der Waals surface area (Å²) in [5.41, 5.74) is 0. The van der Waals surface area contributed by atoms with Crippen LogP contribution < -0.4 is 5.32 Å². The number of hydrogen-bond acceptors (Lipinski definition) is 5. The fourth-order valence-corrected chi connectivity index (χ4v) is 4.46. The lowest BCUT2D eigenvalue weighted by Gasteiger charge is -2.14. The zero-order chi connectivity index (χ0) is 17.1. The summed E-state index contributed by atoms with van der Waals surface area (Å²) in [5, 5.41) is 3.33. The van der Waals surface area contributed by atoms with Gasteiger partial charge in [0, 0.05) is 11.9 Å². The van der Waals surface area contributed by atoms with Crippen LogP contribution in [0.5, 0.6) is 0 Å². The van der Waals surface area contributed by atoms with Crippen LogP contribution in [-0.2, 0) is 6.54 Å². The number of rotatable bonds is 5. The molecule has 3 aromatic rings. The molecule has 3 aromatic heterocycles. The maximum Gasteiger partial charge on any atom is 0.291 e. The monoisotopic (exact) mass is 424 g/mol. The van der Waals surface area contributed by atoms with Crippen molar-refractivity contribution in [2.45, 2.75) is 6.54 Å². The van der Waals surface area contributed by atoms with Gasteiger partial charge in [-0.05, 0) is 52.3 Å². The SMILES string of the molecule is CN(Cc1ccc(Br)s1)C(=O)c1ccc(NC(=O)c2ccco2)s1. The van der Waals surface area contributed by atoms with Crippen molar-refractivity contribution in [2.75, 3.05) is 12.4 Å². The largest absolute Gasteiger partial charge is 0.459 e. The van der Waals surface area contributed by atoms with E-state index in [9.17, 15) is 9.59 Å². The molecule has 3 heterocycles. The molecule has 0 bridgehead atoms. The molecule has 2 amide bonds. The average Bonchev–Trinajstić information content (AvgIpc) is 3.28. The first-order valence-electron chi connectivity index (χ1n) is 6.97. The zero-order valence-corrected chi connectivity index (χ0v) is 15.8. The van der Waals surface area contributed by atoms with E-state index in [-0.39, 0.29) is 17.6 Å². The number of furan rings is 1. The highest BCUT2D eigenvalue weighted by Gasteiger charge is 2.17. The average molecular weight is 425 g/mol. The minimum absolute atomic E-state index is 0.0805. The van der Waals surface area contributed by atoms with Crippen LogP contribution in [0, 0.1) is 0 Å². The lowest BCUT2D eigenvalue weighted by molar-refractivity contribution is 0.0791.